The molecule has 5 rings (SSSR count). The molecule has 178 valence electrons. The first-order valence-electron chi connectivity index (χ1n) is 10.7. The SMILES string of the molecule is C=C(C(=O)N[C@@H]1C(=O)N2[C@@H]1SC(C)(C)[C@@H]2C(=O)[O-])C1CCC2C(C1c1csc(N)n1)C2(Cl)Cl.[Na+]. The number of β-lactam (4-membered cyclic amide) rings is 1. The molecule has 34 heavy (non-hydrogen) atoms. The van der Waals surface area contributed by atoms with Gasteiger partial charge in [-0.2, -0.15) is 0 Å². The van der Waals surface area contributed by atoms with Crippen molar-refractivity contribution in [2.24, 2.45) is 17.8 Å². The van der Waals surface area contributed by atoms with Crippen LogP contribution in [0.3, 0.4) is 0 Å². The minimum absolute atomic E-state index is 0. The van der Waals surface area contributed by atoms with Gasteiger partial charge >= 0.3 is 29.6 Å². The molecule has 1 aromatic heterocycles. The molecule has 1 aromatic rings. The number of hydrogen-bond acceptors (Lipinski definition) is 8. The maximum atomic E-state index is 13.2. The van der Waals surface area contributed by atoms with E-state index in [4.69, 9.17) is 28.9 Å². The van der Waals surface area contributed by atoms with Gasteiger partial charge in [-0.05, 0) is 38.5 Å². The van der Waals surface area contributed by atoms with Crippen LogP contribution in [0.1, 0.15) is 38.3 Å². The standard InChI is InChI=1S/C21H24Cl2N4O4S2.Na/c1-7(8-4-5-9-12(21(9,22)23)11(8)10-6-32-19(24)25-10)15(28)26-13-16(29)27-14(18(30)31)20(2,3)33-17(13)27;/h6,8-9,11-14,17H,1,4-5H2,2-3H3,(H2,24,25)(H,26,28)(H,30,31);/q;+1/p-1/t8?,9?,11?,12?,13-,14+,17-;/m1./s1. The van der Waals surface area contributed by atoms with E-state index in [0.29, 0.717) is 17.1 Å². The van der Waals surface area contributed by atoms with Gasteiger partial charge in [-0.3, -0.25) is 9.59 Å². The molecule has 4 fully saturated rings. The molecule has 0 bridgehead atoms. The summed E-state index contributed by atoms with van der Waals surface area (Å²) in [6.45, 7) is 7.57. The first-order chi connectivity index (χ1) is 15.4. The van der Waals surface area contributed by atoms with Gasteiger partial charge in [0, 0.05) is 27.5 Å². The molecule has 8 nitrogen and oxygen atoms in total. The van der Waals surface area contributed by atoms with Crippen molar-refractivity contribution in [2.45, 2.75) is 59.1 Å². The second-order valence-electron chi connectivity index (χ2n) is 9.68. The number of carbonyl (C=O) groups is 3. The number of halogens is 2. The third-order valence-corrected chi connectivity index (χ3v) is 10.8. The predicted molar refractivity (Wildman–Crippen MR) is 126 cm³/mol. The fraction of sp³-hybridized carbons (Fsp3) is 0.619. The molecule has 2 saturated carbocycles. The Morgan fingerprint density at radius 1 is 1.35 bits per heavy atom. The fourth-order valence-corrected chi connectivity index (χ4v) is 9.00. The maximum Gasteiger partial charge on any atom is 1.00 e. The van der Waals surface area contributed by atoms with Crippen molar-refractivity contribution in [3.8, 4) is 0 Å². The van der Waals surface area contributed by atoms with Crippen molar-refractivity contribution in [3.63, 3.8) is 0 Å². The number of hydrogen-bond donors (Lipinski definition) is 2. The Bertz CT molecular complexity index is 1080. The van der Waals surface area contributed by atoms with Crippen molar-refractivity contribution in [2.75, 3.05) is 5.73 Å². The number of rotatable bonds is 5. The first kappa shape index (κ1) is 26.6. The molecular weight excluding hydrogens is 530 g/mol. The second-order valence-corrected chi connectivity index (χ2v) is 13.8. The summed E-state index contributed by atoms with van der Waals surface area (Å²) in [4.78, 5) is 43.3. The van der Waals surface area contributed by atoms with E-state index in [2.05, 4.69) is 16.9 Å². The zero-order valence-corrected chi connectivity index (χ0v) is 24.1. The molecule has 7 atom stereocenters. The Morgan fingerprint density at radius 3 is 2.62 bits per heavy atom. The van der Waals surface area contributed by atoms with Gasteiger partial charge in [0.1, 0.15) is 15.7 Å². The third kappa shape index (κ3) is 3.92. The summed E-state index contributed by atoms with van der Waals surface area (Å²) in [5, 5.41) is 16.2. The number of nitrogen functional groups attached to an aromatic ring is 1. The topological polar surface area (TPSA) is 128 Å². The van der Waals surface area contributed by atoms with Crippen molar-refractivity contribution in [3.05, 3.63) is 23.2 Å². The van der Waals surface area contributed by atoms with Gasteiger partial charge in [0.15, 0.2) is 5.13 Å². The van der Waals surface area contributed by atoms with E-state index >= 15 is 0 Å². The predicted octanol–water partition coefficient (Wildman–Crippen LogP) is -1.50. The summed E-state index contributed by atoms with van der Waals surface area (Å²) >= 11 is 15.8. The van der Waals surface area contributed by atoms with E-state index in [-0.39, 0.29) is 53.2 Å². The molecule has 4 unspecified atom stereocenters. The van der Waals surface area contributed by atoms with Crippen LogP contribution in [-0.2, 0) is 14.4 Å². The molecule has 2 aliphatic heterocycles. The minimum atomic E-state index is -1.30. The summed E-state index contributed by atoms with van der Waals surface area (Å²) in [6, 6.07) is -1.85. The number of thiazole rings is 1. The van der Waals surface area contributed by atoms with Gasteiger partial charge < -0.3 is 25.9 Å². The van der Waals surface area contributed by atoms with E-state index < -0.39 is 44.3 Å². The number of carboxylic acid groups (broad SMARTS) is 1. The Morgan fingerprint density at radius 2 is 2.03 bits per heavy atom. The van der Waals surface area contributed by atoms with Crippen LogP contribution in [0.4, 0.5) is 5.13 Å². The molecule has 3 heterocycles. The molecule has 0 aromatic carbocycles. The average Bonchev–Trinajstić information content (AvgIpc) is 3.03. The number of nitrogens with one attached hydrogen (secondary N) is 1. The molecule has 4 aliphatic rings. The number of carboxylic acids is 1. The number of nitrogens with zero attached hydrogens (tertiary/aromatic N) is 2. The van der Waals surface area contributed by atoms with Gasteiger partial charge in [0.25, 0.3) is 0 Å². The number of nitrogens with two attached hydrogens (primary N) is 1. The zero-order valence-electron chi connectivity index (χ0n) is 18.9. The Labute approximate surface area is 237 Å². The van der Waals surface area contributed by atoms with E-state index in [0.717, 1.165) is 12.1 Å². The minimum Gasteiger partial charge on any atom is -0.548 e. The molecule has 0 spiro atoms. The van der Waals surface area contributed by atoms with Gasteiger partial charge in [-0.1, -0.05) is 6.58 Å². The normalized spacial score (nSPS) is 36.4. The van der Waals surface area contributed by atoms with Crippen molar-refractivity contribution in [1.82, 2.24) is 15.2 Å². The van der Waals surface area contributed by atoms with Gasteiger partial charge in [0.2, 0.25) is 11.8 Å². The summed E-state index contributed by atoms with van der Waals surface area (Å²) in [7, 11) is 0. The fourth-order valence-electron chi connectivity index (χ4n) is 5.83. The molecule has 3 N–H and O–H groups in total. The first-order valence-corrected chi connectivity index (χ1v) is 13.2. The second kappa shape index (κ2) is 8.82. The van der Waals surface area contributed by atoms with E-state index in [1.807, 2.05) is 5.38 Å². The summed E-state index contributed by atoms with van der Waals surface area (Å²) in [5.41, 5.74) is 6.95. The Balaban J connectivity index is 0.00000274. The monoisotopic (exact) mass is 552 g/mol. The number of aliphatic carboxylic acids is 1. The Hall–Kier alpha value is -0.490. The maximum absolute atomic E-state index is 13.2. The van der Waals surface area contributed by atoms with E-state index in [1.54, 1.807) is 13.8 Å². The number of aromatic nitrogens is 1. The molecule has 13 heteroatoms. The van der Waals surface area contributed by atoms with Crippen LogP contribution >= 0.6 is 46.3 Å². The summed E-state index contributed by atoms with van der Waals surface area (Å²) in [6.07, 6.45) is 1.43. The molecular formula is C21H23Cl2N4NaO4S2. The molecule has 2 amide bonds. The van der Waals surface area contributed by atoms with Crippen molar-refractivity contribution in [1.29, 1.82) is 0 Å². The van der Waals surface area contributed by atoms with Crippen LogP contribution in [0.25, 0.3) is 0 Å². The van der Waals surface area contributed by atoms with E-state index in [1.165, 1.54) is 28.0 Å². The summed E-state index contributed by atoms with van der Waals surface area (Å²) < 4.78 is -1.59. The van der Waals surface area contributed by atoms with Gasteiger partial charge in [-0.15, -0.1) is 46.3 Å². The average molecular weight is 553 g/mol. The Kier molecular flexibility index (Phi) is 6.89. The number of alkyl halides is 2. The number of fused-ring (bicyclic) bond motifs is 2. The molecule has 2 aliphatic carbocycles. The van der Waals surface area contributed by atoms with Crippen LogP contribution < -0.4 is 45.7 Å². The van der Waals surface area contributed by atoms with Crippen LogP contribution in [0, 0.1) is 17.8 Å². The molecule has 0 radical (unpaired) electrons. The largest absolute Gasteiger partial charge is 1.00 e. The van der Waals surface area contributed by atoms with Crippen LogP contribution in [0.15, 0.2) is 17.5 Å². The number of carbonyl (C=O) groups excluding carboxylic acids is 3. The third-order valence-electron chi connectivity index (χ3n) is 7.44. The van der Waals surface area contributed by atoms with Crippen molar-refractivity contribution >= 4 is 69.2 Å². The van der Waals surface area contributed by atoms with Crippen LogP contribution in [-0.4, -0.2) is 54.2 Å². The van der Waals surface area contributed by atoms with Crippen LogP contribution in [0.2, 0.25) is 0 Å². The number of amides is 2. The van der Waals surface area contributed by atoms with Crippen molar-refractivity contribution < 1.29 is 49.0 Å². The number of thioether (sulfide) groups is 1. The smallest absolute Gasteiger partial charge is 0.548 e. The summed E-state index contributed by atoms with van der Waals surface area (Å²) in [5.74, 6) is -2.53. The number of anilines is 1. The van der Waals surface area contributed by atoms with Crippen LogP contribution in [0.5, 0.6) is 0 Å². The zero-order chi connectivity index (χ0) is 24.0. The van der Waals surface area contributed by atoms with Gasteiger partial charge in [-0.25, -0.2) is 4.98 Å². The van der Waals surface area contributed by atoms with Gasteiger partial charge in [0.05, 0.1) is 17.7 Å². The molecule has 2 saturated heterocycles. The van der Waals surface area contributed by atoms with E-state index in [9.17, 15) is 19.5 Å². The quantitative estimate of drug-likeness (QED) is 0.197.